The molecule has 0 saturated heterocycles. The van der Waals surface area contributed by atoms with Gasteiger partial charge in [-0.25, -0.2) is 4.39 Å². The van der Waals surface area contributed by atoms with Gasteiger partial charge in [0, 0.05) is 0 Å². The molecule has 2 rings (SSSR count). The van der Waals surface area contributed by atoms with Gasteiger partial charge in [0.1, 0.15) is 11.6 Å². The summed E-state index contributed by atoms with van der Waals surface area (Å²) < 4.78 is 14.5. The van der Waals surface area contributed by atoms with Crippen molar-refractivity contribution in [1.29, 1.82) is 0 Å². The zero-order valence-corrected chi connectivity index (χ0v) is 9.95. The Morgan fingerprint density at radius 1 is 1.41 bits per heavy atom. The highest BCUT2D eigenvalue weighted by atomic mass is 19.1. The van der Waals surface area contributed by atoms with Gasteiger partial charge in [-0.05, 0) is 25.3 Å². The average Bonchev–Trinajstić information content (AvgIpc) is 2.78. The SMILES string of the molecule is Cc1cccc(C(F)C2(C(=O)O)CCCC2)c1. The second-order valence-corrected chi connectivity index (χ2v) is 4.95. The van der Waals surface area contributed by atoms with Gasteiger partial charge in [0.05, 0.1) is 0 Å². The summed E-state index contributed by atoms with van der Waals surface area (Å²) in [4.78, 5) is 11.4. The molecule has 2 nitrogen and oxygen atoms in total. The number of aryl methyl sites for hydroxylation is 1. The third-order valence-electron chi connectivity index (χ3n) is 3.74. The number of hydrogen-bond acceptors (Lipinski definition) is 1. The topological polar surface area (TPSA) is 37.3 Å². The minimum Gasteiger partial charge on any atom is -0.481 e. The van der Waals surface area contributed by atoms with E-state index in [1.54, 1.807) is 18.2 Å². The van der Waals surface area contributed by atoms with Gasteiger partial charge in [0.15, 0.2) is 0 Å². The van der Waals surface area contributed by atoms with E-state index in [2.05, 4.69) is 0 Å². The average molecular weight is 236 g/mol. The van der Waals surface area contributed by atoms with Crippen LogP contribution in [0.2, 0.25) is 0 Å². The molecule has 0 amide bonds. The zero-order chi connectivity index (χ0) is 12.5. The Bertz CT molecular complexity index is 422. The third-order valence-corrected chi connectivity index (χ3v) is 3.74. The number of rotatable bonds is 3. The number of carboxylic acids is 1. The molecule has 0 spiro atoms. The van der Waals surface area contributed by atoms with Crippen molar-refractivity contribution in [3.05, 3.63) is 35.4 Å². The van der Waals surface area contributed by atoms with Crippen LogP contribution in [-0.2, 0) is 4.79 Å². The Morgan fingerprint density at radius 2 is 2.06 bits per heavy atom. The molecular weight excluding hydrogens is 219 g/mol. The lowest BCUT2D eigenvalue weighted by Gasteiger charge is -2.28. The van der Waals surface area contributed by atoms with Crippen LogP contribution in [0.4, 0.5) is 4.39 Å². The van der Waals surface area contributed by atoms with Crippen LogP contribution in [0.25, 0.3) is 0 Å². The number of halogens is 1. The van der Waals surface area contributed by atoms with Crippen LogP contribution < -0.4 is 0 Å². The summed E-state index contributed by atoms with van der Waals surface area (Å²) in [6.45, 7) is 1.89. The molecule has 0 heterocycles. The molecule has 0 bridgehead atoms. The lowest BCUT2D eigenvalue weighted by atomic mass is 9.78. The van der Waals surface area contributed by atoms with Crippen LogP contribution in [0.3, 0.4) is 0 Å². The molecule has 1 atom stereocenters. The summed E-state index contributed by atoms with van der Waals surface area (Å²) in [5.74, 6) is -0.996. The van der Waals surface area contributed by atoms with Crippen molar-refractivity contribution in [2.45, 2.75) is 38.8 Å². The number of benzene rings is 1. The molecule has 17 heavy (non-hydrogen) atoms. The van der Waals surface area contributed by atoms with E-state index in [1.807, 2.05) is 13.0 Å². The van der Waals surface area contributed by atoms with E-state index in [4.69, 9.17) is 0 Å². The van der Waals surface area contributed by atoms with Crippen molar-refractivity contribution in [1.82, 2.24) is 0 Å². The van der Waals surface area contributed by atoms with Crippen molar-refractivity contribution in [3.63, 3.8) is 0 Å². The molecule has 0 aliphatic heterocycles. The van der Waals surface area contributed by atoms with E-state index in [0.717, 1.165) is 18.4 Å². The van der Waals surface area contributed by atoms with E-state index >= 15 is 0 Å². The monoisotopic (exact) mass is 236 g/mol. The Labute approximate surface area is 100 Å². The maximum absolute atomic E-state index is 14.5. The first-order valence-electron chi connectivity index (χ1n) is 6.00. The van der Waals surface area contributed by atoms with Gasteiger partial charge in [-0.1, -0.05) is 42.7 Å². The number of alkyl halides is 1. The predicted octanol–water partition coefficient (Wildman–Crippen LogP) is 3.65. The second kappa shape index (κ2) is 4.47. The molecule has 1 aliphatic carbocycles. The van der Waals surface area contributed by atoms with E-state index in [-0.39, 0.29) is 0 Å². The van der Waals surface area contributed by atoms with Gasteiger partial charge >= 0.3 is 5.97 Å². The fourth-order valence-electron chi connectivity index (χ4n) is 2.73. The molecule has 1 fully saturated rings. The second-order valence-electron chi connectivity index (χ2n) is 4.95. The lowest BCUT2D eigenvalue weighted by molar-refractivity contribution is -0.153. The molecule has 1 aliphatic rings. The lowest BCUT2D eigenvalue weighted by Crippen LogP contribution is -2.32. The summed E-state index contributed by atoms with van der Waals surface area (Å²) in [6.07, 6.45) is 1.09. The fraction of sp³-hybridized carbons (Fsp3) is 0.500. The van der Waals surface area contributed by atoms with Crippen molar-refractivity contribution < 1.29 is 14.3 Å². The minimum absolute atomic E-state index is 0.442. The maximum atomic E-state index is 14.5. The quantitative estimate of drug-likeness (QED) is 0.869. The first-order valence-corrected chi connectivity index (χ1v) is 6.00. The van der Waals surface area contributed by atoms with Gasteiger partial charge in [0.2, 0.25) is 0 Å². The largest absolute Gasteiger partial charge is 0.481 e. The molecule has 0 radical (unpaired) electrons. The molecular formula is C14H17FO2. The van der Waals surface area contributed by atoms with Crippen LogP contribution >= 0.6 is 0 Å². The van der Waals surface area contributed by atoms with Gasteiger partial charge in [0.25, 0.3) is 0 Å². The molecule has 1 aromatic rings. The van der Waals surface area contributed by atoms with Crippen LogP contribution in [0.1, 0.15) is 43.0 Å². The Balaban J connectivity index is 2.35. The van der Waals surface area contributed by atoms with Gasteiger partial charge in [-0.3, -0.25) is 4.79 Å². The standard InChI is InChI=1S/C14H17FO2/c1-10-5-4-6-11(9-10)12(15)14(13(16)17)7-2-3-8-14/h4-6,9,12H,2-3,7-8H2,1H3,(H,16,17). The number of carboxylic acid groups (broad SMARTS) is 1. The normalized spacial score (nSPS) is 20.1. The minimum atomic E-state index is -1.40. The van der Waals surface area contributed by atoms with E-state index < -0.39 is 17.6 Å². The molecule has 1 N–H and O–H groups in total. The summed E-state index contributed by atoms with van der Waals surface area (Å²) in [5.41, 5.74) is 0.256. The van der Waals surface area contributed by atoms with Crippen molar-refractivity contribution in [3.8, 4) is 0 Å². The number of hydrogen-bond donors (Lipinski definition) is 1. The van der Waals surface area contributed by atoms with Crippen molar-refractivity contribution >= 4 is 5.97 Å². The summed E-state index contributed by atoms with van der Waals surface area (Å²) in [5, 5.41) is 9.32. The van der Waals surface area contributed by atoms with Gasteiger partial charge < -0.3 is 5.11 Å². The molecule has 1 unspecified atom stereocenters. The molecule has 92 valence electrons. The van der Waals surface area contributed by atoms with Crippen molar-refractivity contribution in [2.24, 2.45) is 5.41 Å². The van der Waals surface area contributed by atoms with Crippen LogP contribution in [0, 0.1) is 12.3 Å². The smallest absolute Gasteiger partial charge is 0.312 e. The zero-order valence-electron chi connectivity index (χ0n) is 9.95. The summed E-state index contributed by atoms with van der Waals surface area (Å²) in [6, 6.07) is 7.09. The first-order chi connectivity index (χ1) is 8.06. The Hall–Kier alpha value is -1.38. The van der Waals surface area contributed by atoms with E-state index in [9.17, 15) is 14.3 Å². The molecule has 3 heteroatoms. The Morgan fingerprint density at radius 3 is 2.59 bits per heavy atom. The molecule has 0 aromatic heterocycles. The van der Waals surface area contributed by atoms with Crippen molar-refractivity contribution in [2.75, 3.05) is 0 Å². The highest BCUT2D eigenvalue weighted by Gasteiger charge is 2.49. The highest BCUT2D eigenvalue weighted by Crippen LogP contribution is 2.49. The predicted molar refractivity (Wildman–Crippen MR) is 63.6 cm³/mol. The first kappa shape index (κ1) is 12.1. The van der Waals surface area contributed by atoms with Gasteiger partial charge in [-0.2, -0.15) is 0 Å². The van der Waals surface area contributed by atoms with E-state index in [0.29, 0.717) is 18.4 Å². The van der Waals surface area contributed by atoms with Crippen LogP contribution in [0.15, 0.2) is 24.3 Å². The molecule has 1 saturated carbocycles. The highest BCUT2D eigenvalue weighted by molar-refractivity contribution is 5.76. The van der Waals surface area contributed by atoms with Crippen LogP contribution in [-0.4, -0.2) is 11.1 Å². The molecule has 1 aromatic carbocycles. The van der Waals surface area contributed by atoms with Gasteiger partial charge in [-0.15, -0.1) is 0 Å². The van der Waals surface area contributed by atoms with Crippen LogP contribution in [0.5, 0.6) is 0 Å². The fourth-order valence-corrected chi connectivity index (χ4v) is 2.73. The summed E-state index contributed by atoms with van der Waals surface area (Å²) in [7, 11) is 0. The third kappa shape index (κ3) is 2.06. The number of aliphatic carboxylic acids is 1. The Kier molecular flexibility index (Phi) is 3.18. The maximum Gasteiger partial charge on any atom is 0.312 e. The van der Waals surface area contributed by atoms with E-state index in [1.165, 1.54) is 0 Å². The summed E-state index contributed by atoms with van der Waals surface area (Å²) >= 11 is 0. The number of carbonyl (C=O) groups is 1.